The monoisotopic (exact) mass is 428 g/mol. The first-order valence-corrected chi connectivity index (χ1v) is 11.1. The Morgan fingerprint density at radius 3 is 2.48 bits per heavy atom. The van der Waals surface area contributed by atoms with Crippen LogP contribution >= 0.6 is 0 Å². The maximum atomic E-state index is 15.1. The van der Waals surface area contributed by atoms with E-state index in [0.717, 1.165) is 25.7 Å². The van der Waals surface area contributed by atoms with Crippen molar-refractivity contribution in [3.8, 4) is 23.3 Å². The molecule has 2 aromatic rings. The summed E-state index contributed by atoms with van der Waals surface area (Å²) < 4.78 is 55.5. The molecule has 0 aromatic heterocycles. The highest BCUT2D eigenvalue weighted by Gasteiger charge is 2.28. The maximum absolute atomic E-state index is 15.1. The van der Waals surface area contributed by atoms with Crippen molar-refractivity contribution in [3.63, 3.8) is 0 Å². The third-order valence-corrected chi connectivity index (χ3v) is 5.99. The van der Waals surface area contributed by atoms with Gasteiger partial charge in [0, 0.05) is 23.5 Å². The van der Waals surface area contributed by atoms with Crippen molar-refractivity contribution >= 4 is 0 Å². The molecule has 0 spiro atoms. The number of hydrogen-bond donors (Lipinski definition) is 0. The molecule has 2 unspecified atom stereocenters. The van der Waals surface area contributed by atoms with Crippen LogP contribution in [0.1, 0.15) is 68.2 Å². The Labute approximate surface area is 181 Å². The van der Waals surface area contributed by atoms with E-state index in [1.54, 1.807) is 18.2 Å². The molecule has 4 rings (SSSR count). The zero-order valence-corrected chi connectivity index (χ0v) is 18.0. The Bertz CT molecular complexity index is 1030. The maximum Gasteiger partial charge on any atom is 0.201 e. The summed E-state index contributed by atoms with van der Waals surface area (Å²) in [6, 6.07) is 5.01. The number of benzene rings is 2. The van der Waals surface area contributed by atoms with Gasteiger partial charge in [0.1, 0.15) is 0 Å². The highest BCUT2D eigenvalue weighted by Crippen LogP contribution is 2.42. The van der Waals surface area contributed by atoms with E-state index in [1.165, 1.54) is 0 Å². The van der Waals surface area contributed by atoms with E-state index in [9.17, 15) is 8.78 Å². The second kappa shape index (κ2) is 9.36. The van der Waals surface area contributed by atoms with Crippen molar-refractivity contribution < 1.29 is 22.6 Å². The van der Waals surface area contributed by atoms with E-state index in [1.807, 2.05) is 6.92 Å². The summed E-state index contributed by atoms with van der Waals surface area (Å²) in [5.74, 6) is 3.18. The van der Waals surface area contributed by atoms with Crippen LogP contribution in [0.4, 0.5) is 13.2 Å². The summed E-state index contributed by atoms with van der Waals surface area (Å²) in [4.78, 5) is 0. The van der Waals surface area contributed by atoms with Crippen molar-refractivity contribution in [2.45, 2.75) is 64.9 Å². The second-order valence-corrected chi connectivity index (χ2v) is 8.38. The zero-order chi connectivity index (χ0) is 22.0. The first-order chi connectivity index (χ1) is 15.0. The average Bonchev–Trinajstić information content (AvgIpc) is 2.77. The van der Waals surface area contributed by atoms with Crippen molar-refractivity contribution in [2.75, 3.05) is 6.61 Å². The van der Waals surface area contributed by atoms with Crippen LogP contribution in [-0.2, 0) is 17.6 Å². The molecule has 5 heteroatoms. The van der Waals surface area contributed by atoms with Gasteiger partial charge in [-0.25, -0.2) is 8.78 Å². The molecular weight excluding hydrogens is 401 g/mol. The largest absolute Gasteiger partial charge is 0.450 e. The predicted molar refractivity (Wildman–Crippen MR) is 114 cm³/mol. The van der Waals surface area contributed by atoms with E-state index in [-0.39, 0.29) is 23.0 Å². The van der Waals surface area contributed by atoms with E-state index in [4.69, 9.17) is 9.47 Å². The lowest BCUT2D eigenvalue weighted by atomic mass is 9.94. The number of hydrogen-bond acceptors (Lipinski definition) is 2. The van der Waals surface area contributed by atoms with Gasteiger partial charge in [-0.05, 0) is 43.4 Å². The highest BCUT2D eigenvalue weighted by molar-refractivity contribution is 5.55. The molecule has 0 saturated carbocycles. The first kappa shape index (κ1) is 21.8. The van der Waals surface area contributed by atoms with Gasteiger partial charge < -0.3 is 9.47 Å². The smallest absolute Gasteiger partial charge is 0.201 e. The van der Waals surface area contributed by atoms with Gasteiger partial charge >= 0.3 is 0 Å². The summed E-state index contributed by atoms with van der Waals surface area (Å²) in [6.07, 6.45) is 5.77. The summed E-state index contributed by atoms with van der Waals surface area (Å²) in [6.45, 7) is 4.60. The molecule has 2 nitrogen and oxygen atoms in total. The fraction of sp³-hybridized carbons (Fsp3) is 0.462. The molecule has 1 saturated heterocycles. The lowest BCUT2D eigenvalue weighted by Crippen LogP contribution is -2.24. The standard InChI is InChI=1S/C26H27F3O2/c1-3-5-18-13-20-14-19-11-10-17(9-7-16-8-12-21(6-4-2)30-15-16)23(28)25(19)31-26(20)24(29)22(18)27/h10-11,13,16,21H,3-6,8,12,14-15H2,1-2H3. The Morgan fingerprint density at radius 2 is 1.77 bits per heavy atom. The van der Waals surface area contributed by atoms with Gasteiger partial charge in [-0.15, -0.1) is 0 Å². The number of halogens is 3. The molecule has 0 N–H and O–H groups in total. The van der Waals surface area contributed by atoms with Crippen molar-refractivity contribution in [2.24, 2.45) is 5.92 Å². The summed E-state index contributed by atoms with van der Waals surface area (Å²) in [5, 5.41) is 0. The predicted octanol–water partition coefficient (Wildman–Crippen LogP) is 6.70. The van der Waals surface area contributed by atoms with Gasteiger partial charge in [0.2, 0.25) is 5.82 Å². The van der Waals surface area contributed by atoms with E-state index < -0.39 is 17.5 Å². The molecule has 1 fully saturated rings. The molecule has 2 atom stereocenters. The minimum atomic E-state index is -1.05. The molecule has 0 radical (unpaired) electrons. The van der Waals surface area contributed by atoms with Crippen LogP contribution in [0, 0.1) is 35.2 Å². The van der Waals surface area contributed by atoms with Crippen LogP contribution in [0.25, 0.3) is 0 Å². The van der Waals surface area contributed by atoms with Crippen molar-refractivity contribution in [1.29, 1.82) is 0 Å². The van der Waals surface area contributed by atoms with Crippen molar-refractivity contribution in [1.82, 2.24) is 0 Å². The van der Waals surface area contributed by atoms with Crippen LogP contribution < -0.4 is 4.74 Å². The SMILES string of the molecule is CCCc1cc2c(c(F)c1F)Oc1c(ccc(C#CC3CCC(CCC)OC3)c1F)C2. The van der Waals surface area contributed by atoms with Crippen LogP contribution in [-0.4, -0.2) is 12.7 Å². The van der Waals surface area contributed by atoms with Crippen LogP contribution in [0.3, 0.4) is 0 Å². The molecule has 164 valence electrons. The molecule has 0 bridgehead atoms. The minimum Gasteiger partial charge on any atom is -0.450 e. The second-order valence-electron chi connectivity index (χ2n) is 8.38. The molecule has 31 heavy (non-hydrogen) atoms. The van der Waals surface area contributed by atoms with Gasteiger partial charge in [0.15, 0.2) is 23.1 Å². The molecule has 2 aliphatic rings. The third-order valence-electron chi connectivity index (χ3n) is 5.99. The van der Waals surface area contributed by atoms with Crippen LogP contribution in [0.15, 0.2) is 18.2 Å². The van der Waals surface area contributed by atoms with Gasteiger partial charge in [-0.3, -0.25) is 0 Å². The molecule has 2 aliphatic heterocycles. The fourth-order valence-corrected chi connectivity index (χ4v) is 4.31. The lowest BCUT2D eigenvalue weighted by molar-refractivity contribution is -0.00626. The van der Waals surface area contributed by atoms with E-state index in [0.29, 0.717) is 48.7 Å². The summed E-state index contributed by atoms with van der Waals surface area (Å²) >= 11 is 0. The average molecular weight is 428 g/mol. The molecule has 0 aliphatic carbocycles. The Balaban J connectivity index is 1.56. The fourth-order valence-electron chi connectivity index (χ4n) is 4.31. The van der Waals surface area contributed by atoms with Gasteiger partial charge in [0.05, 0.1) is 18.3 Å². The van der Waals surface area contributed by atoms with E-state index >= 15 is 4.39 Å². The Hall–Kier alpha value is -2.45. The topological polar surface area (TPSA) is 18.5 Å². The molecule has 0 amide bonds. The van der Waals surface area contributed by atoms with Gasteiger partial charge in [0.25, 0.3) is 0 Å². The number of ether oxygens (including phenoxy) is 2. The normalized spacial score (nSPS) is 19.6. The third kappa shape index (κ3) is 4.45. The van der Waals surface area contributed by atoms with Gasteiger partial charge in [-0.1, -0.05) is 44.6 Å². The number of fused-ring (bicyclic) bond motifs is 2. The number of rotatable bonds is 4. The van der Waals surface area contributed by atoms with E-state index in [2.05, 4.69) is 18.8 Å². The molecular formula is C26H27F3O2. The minimum absolute atomic E-state index is 0.0636. The zero-order valence-electron chi connectivity index (χ0n) is 18.0. The van der Waals surface area contributed by atoms with Crippen LogP contribution in [0.2, 0.25) is 0 Å². The molecule has 2 heterocycles. The quantitative estimate of drug-likeness (QED) is 0.431. The summed E-state index contributed by atoms with van der Waals surface area (Å²) in [7, 11) is 0. The van der Waals surface area contributed by atoms with Gasteiger partial charge in [-0.2, -0.15) is 4.39 Å². The Kier molecular flexibility index (Phi) is 6.57. The van der Waals surface area contributed by atoms with Crippen molar-refractivity contribution in [3.05, 3.63) is 57.9 Å². The molecule has 2 aromatic carbocycles. The first-order valence-electron chi connectivity index (χ1n) is 11.1. The Morgan fingerprint density at radius 1 is 0.968 bits per heavy atom. The lowest BCUT2D eigenvalue weighted by Gasteiger charge is -2.26. The highest BCUT2D eigenvalue weighted by atomic mass is 19.2. The summed E-state index contributed by atoms with van der Waals surface area (Å²) in [5.41, 5.74) is 1.66. The number of aryl methyl sites for hydroxylation is 1. The van der Waals surface area contributed by atoms with Crippen LogP contribution in [0.5, 0.6) is 11.5 Å².